The van der Waals surface area contributed by atoms with Crippen LogP contribution in [0.15, 0.2) is 22.8 Å². The maximum absolute atomic E-state index is 8.97. The number of rotatable bonds is 3. The van der Waals surface area contributed by atoms with Crippen molar-refractivity contribution in [2.45, 2.75) is 13.0 Å². The molecular formula is C9H13BrN2O. The van der Waals surface area contributed by atoms with Gasteiger partial charge in [0.1, 0.15) is 5.82 Å². The van der Waals surface area contributed by atoms with Gasteiger partial charge in [0.05, 0.1) is 17.1 Å². The second-order valence-electron chi connectivity index (χ2n) is 2.95. The van der Waals surface area contributed by atoms with Crippen LogP contribution in [0.25, 0.3) is 0 Å². The Morgan fingerprint density at radius 2 is 2.38 bits per heavy atom. The van der Waals surface area contributed by atoms with E-state index in [2.05, 4.69) is 20.9 Å². The predicted molar refractivity (Wildman–Crippen MR) is 56.9 cm³/mol. The van der Waals surface area contributed by atoms with Crippen LogP contribution in [0.3, 0.4) is 0 Å². The summed E-state index contributed by atoms with van der Waals surface area (Å²) in [4.78, 5) is 6.15. The quantitative estimate of drug-likeness (QED) is 0.879. The zero-order chi connectivity index (χ0) is 9.84. The number of aliphatic hydroxyl groups is 1. The lowest BCUT2D eigenvalue weighted by atomic mass is 10.3. The summed E-state index contributed by atoms with van der Waals surface area (Å²) in [6.45, 7) is 2.07. The zero-order valence-corrected chi connectivity index (χ0v) is 9.32. The largest absolute Gasteiger partial charge is 0.394 e. The molecule has 0 spiro atoms. The van der Waals surface area contributed by atoms with E-state index in [9.17, 15) is 0 Å². The van der Waals surface area contributed by atoms with Crippen LogP contribution in [0, 0.1) is 0 Å². The Kier molecular flexibility index (Phi) is 3.69. The van der Waals surface area contributed by atoms with Crippen molar-refractivity contribution >= 4 is 21.7 Å². The first kappa shape index (κ1) is 10.5. The molecule has 1 aromatic heterocycles. The number of pyridine rings is 1. The highest BCUT2D eigenvalue weighted by molar-refractivity contribution is 9.10. The number of aliphatic hydroxyl groups excluding tert-OH is 1. The van der Waals surface area contributed by atoms with Crippen LogP contribution in [0.1, 0.15) is 6.92 Å². The summed E-state index contributed by atoms with van der Waals surface area (Å²) in [5.74, 6) is 0.851. The molecule has 0 fully saturated rings. The maximum atomic E-state index is 8.97. The fraction of sp³-hybridized carbons (Fsp3) is 0.444. The van der Waals surface area contributed by atoms with Gasteiger partial charge in [0.15, 0.2) is 0 Å². The van der Waals surface area contributed by atoms with Gasteiger partial charge in [0, 0.05) is 13.2 Å². The summed E-state index contributed by atoms with van der Waals surface area (Å²) in [6, 6.07) is 3.87. The van der Waals surface area contributed by atoms with E-state index in [4.69, 9.17) is 5.11 Å². The topological polar surface area (TPSA) is 36.4 Å². The van der Waals surface area contributed by atoms with Crippen molar-refractivity contribution in [1.29, 1.82) is 0 Å². The van der Waals surface area contributed by atoms with Gasteiger partial charge in [-0.3, -0.25) is 0 Å². The third-order valence-electron chi connectivity index (χ3n) is 2.00. The summed E-state index contributed by atoms with van der Waals surface area (Å²) in [6.07, 6.45) is 1.74. The SMILES string of the molecule is C[C@H](CO)N(C)c1ncccc1Br. The normalized spacial score (nSPS) is 12.6. The summed E-state index contributed by atoms with van der Waals surface area (Å²) < 4.78 is 0.942. The lowest BCUT2D eigenvalue weighted by molar-refractivity contribution is 0.269. The van der Waals surface area contributed by atoms with E-state index in [1.165, 1.54) is 0 Å². The minimum Gasteiger partial charge on any atom is -0.394 e. The lowest BCUT2D eigenvalue weighted by Crippen LogP contribution is -2.32. The van der Waals surface area contributed by atoms with Crippen molar-refractivity contribution < 1.29 is 5.11 Å². The molecule has 72 valence electrons. The molecule has 1 atom stereocenters. The van der Waals surface area contributed by atoms with E-state index < -0.39 is 0 Å². The Morgan fingerprint density at radius 1 is 1.69 bits per heavy atom. The molecule has 0 aliphatic carbocycles. The molecular weight excluding hydrogens is 232 g/mol. The van der Waals surface area contributed by atoms with Crippen LogP contribution in [0.5, 0.6) is 0 Å². The van der Waals surface area contributed by atoms with Gasteiger partial charge in [-0.1, -0.05) is 0 Å². The first-order valence-corrected chi connectivity index (χ1v) is 4.90. The van der Waals surface area contributed by atoms with E-state index in [-0.39, 0.29) is 12.6 Å². The number of nitrogens with zero attached hydrogens (tertiary/aromatic N) is 2. The first-order valence-electron chi connectivity index (χ1n) is 4.11. The molecule has 0 saturated heterocycles. The van der Waals surface area contributed by atoms with Crippen molar-refractivity contribution in [2.24, 2.45) is 0 Å². The van der Waals surface area contributed by atoms with Crippen LogP contribution in [0.2, 0.25) is 0 Å². The summed E-state index contributed by atoms with van der Waals surface area (Å²) in [5.41, 5.74) is 0. The van der Waals surface area contributed by atoms with E-state index in [1.807, 2.05) is 31.0 Å². The molecule has 4 heteroatoms. The smallest absolute Gasteiger partial charge is 0.142 e. The van der Waals surface area contributed by atoms with Crippen LogP contribution >= 0.6 is 15.9 Å². The van der Waals surface area contributed by atoms with Crippen molar-refractivity contribution in [3.63, 3.8) is 0 Å². The summed E-state index contributed by atoms with van der Waals surface area (Å²) in [5, 5.41) is 8.97. The average Bonchev–Trinajstić information content (AvgIpc) is 2.16. The molecule has 0 aromatic carbocycles. The molecule has 1 aromatic rings. The zero-order valence-electron chi connectivity index (χ0n) is 7.74. The number of hydrogen-bond acceptors (Lipinski definition) is 3. The average molecular weight is 245 g/mol. The molecule has 0 unspecified atom stereocenters. The number of hydrogen-bond donors (Lipinski definition) is 1. The maximum Gasteiger partial charge on any atom is 0.142 e. The van der Waals surface area contributed by atoms with Crippen molar-refractivity contribution in [3.8, 4) is 0 Å². The number of halogens is 1. The van der Waals surface area contributed by atoms with Gasteiger partial charge in [-0.25, -0.2) is 4.98 Å². The van der Waals surface area contributed by atoms with Gasteiger partial charge in [-0.05, 0) is 35.0 Å². The molecule has 1 rings (SSSR count). The molecule has 0 saturated carbocycles. The molecule has 3 nitrogen and oxygen atoms in total. The van der Waals surface area contributed by atoms with Crippen LogP contribution in [-0.4, -0.2) is 29.8 Å². The molecule has 0 radical (unpaired) electrons. The van der Waals surface area contributed by atoms with Gasteiger partial charge in [-0.2, -0.15) is 0 Å². The molecule has 1 N–H and O–H groups in total. The molecule has 0 amide bonds. The fourth-order valence-electron chi connectivity index (χ4n) is 0.968. The van der Waals surface area contributed by atoms with Crippen molar-refractivity contribution in [3.05, 3.63) is 22.8 Å². The molecule has 0 aliphatic rings. The Balaban J connectivity index is 2.88. The molecule has 0 bridgehead atoms. The summed E-state index contributed by atoms with van der Waals surface area (Å²) in [7, 11) is 1.91. The Bertz CT molecular complexity index is 280. The van der Waals surface area contributed by atoms with Crippen LogP contribution < -0.4 is 4.90 Å². The van der Waals surface area contributed by atoms with E-state index in [1.54, 1.807) is 6.20 Å². The van der Waals surface area contributed by atoms with Crippen molar-refractivity contribution in [1.82, 2.24) is 4.98 Å². The monoisotopic (exact) mass is 244 g/mol. The predicted octanol–water partition coefficient (Wildman–Crippen LogP) is 1.66. The second-order valence-corrected chi connectivity index (χ2v) is 3.81. The highest BCUT2D eigenvalue weighted by atomic mass is 79.9. The minimum atomic E-state index is 0.0752. The first-order chi connectivity index (χ1) is 6.16. The van der Waals surface area contributed by atoms with Gasteiger partial charge >= 0.3 is 0 Å². The third kappa shape index (κ3) is 2.42. The van der Waals surface area contributed by atoms with Crippen LogP contribution in [0.4, 0.5) is 5.82 Å². The Labute approximate surface area is 86.5 Å². The number of likely N-dealkylation sites (N-methyl/N-ethyl adjacent to an activating group) is 1. The highest BCUT2D eigenvalue weighted by Gasteiger charge is 2.11. The lowest BCUT2D eigenvalue weighted by Gasteiger charge is -2.24. The second kappa shape index (κ2) is 4.58. The number of aromatic nitrogens is 1. The Hall–Kier alpha value is -0.610. The highest BCUT2D eigenvalue weighted by Crippen LogP contribution is 2.22. The summed E-state index contributed by atoms with van der Waals surface area (Å²) >= 11 is 3.41. The number of anilines is 1. The van der Waals surface area contributed by atoms with Gasteiger partial charge in [0.2, 0.25) is 0 Å². The Morgan fingerprint density at radius 3 is 2.92 bits per heavy atom. The minimum absolute atomic E-state index is 0.0752. The van der Waals surface area contributed by atoms with Gasteiger partial charge < -0.3 is 10.0 Å². The fourth-order valence-corrected chi connectivity index (χ4v) is 1.50. The molecule has 1 heterocycles. The van der Waals surface area contributed by atoms with E-state index >= 15 is 0 Å². The van der Waals surface area contributed by atoms with E-state index in [0.717, 1.165) is 10.3 Å². The van der Waals surface area contributed by atoms with Gasteiger partial charge in [-0.15, -0.1) is 0 Å². The van der Waals surface area contributed by atoms with Crippen LogP contribution in [-0.2, 0) is 0 Å². The third-order valence-corrected chi connectivity index (χ3v) is 2.62. The van der Waals surface area contributed by atoms with Crippen molar-refractivity contribution in [2.75, 3.05) is 18.6 Å². The van der Waals surface area contributed by atoms with Gasteiger partial charge in [0.25, 0.3) is 0 Å². The molecule has 0 aliphatic heterocycles. The molecule has 13 heavy (non-hydrogen) atoms. The standard InChI is InChI=1S/C9H13BrN2O/c1-7(6-13)12(2)9-8(10)4-3-5-11-9/h3-5,7,13H,6H2,1-2H3/t7-/m1/s1. The van der Waals surface area contributed by atoms with E-state index in [0.29, 0.717) is 0 Å².